The first kappa shape index (κ1) is 16.7. The molecule has 0 spiro atoms. The molecule has 0 unspecified atom stereocenters. The fourth-order valence-electron chi connectivity index (χ4n) is 2.26. The van der Waals surface area contributed by atoms with Crippen LogP contribution in [-0.2, 0) is 12.3 Å². The molecule has 0 saturated carbocycles. The third-order valence-corrected chi connectivity index (χ3v) is 4.83. The van der Waals surface area contributed by atoms with Crippen molar-refractivity contribution in [2.24, 2.45) is 0 Å². The van der Waals surface area contributed by atoms with E-state index in [0.717, 1.165) is 21.3 Å². The number of thioether (sulfide) groups is 1. The molecule has 0 saturated heterocycles. The van der Waals surface area contributed by atoms with Gasteiger partial charge in [0.2, 0.25) is 0 Å². The van der Waals surface area contributed by atoms with Crippen LogP contribution in [0, 0.1) is 5.82 Å². The standard InChI is InChI=1S/C18H15ClFN3S/c1-2-11-23-17(13-7-9-15(20)10-8-13)21-22-18(23)24-12-14-5-3-4-6-16(14)19/h2-10H,1,11-12H2. The summed E-state index contributed by atoms with van der Waals surface area (Å²) in [6, 6.07) is 13.9. The highest BCUT2D eigenvalue weighted by Crippen LogP contribution is 2.28. The molecule has 122 valence electrons. The van der Waals surface area contributed by atoms with Crippen molar-refractivity contribution in [2.75, 3.05) is 0 Å². The first-order chi connectivity index (χ1) is 11.7. The molecule has 0 amide bonds. The maximum atomic E-state index is 13.1. The van der Waals surface area contributed by atoms with Gasteiger partial charge in [0.25, 0.3) is 0 Å². The molecule has 24 heavy (non-hydrogen) atoms. The summed E-state index contributed by atoms with van der Waals surface area (Å²) in [5.74, 6) is 1.11. The van der Waals surface area contributed by atoms with Gasteiger partial charge in [-0.2, -0.15) is 0 Å². The Morgan fingerprint density at radius 2 is 1.88 bits per heavy atom. The zero-order chi connectivity index (χ0) is 16.9. The van der Waals surface area contributed by atoms with Gasteiger partial charge >= 0.3 is 0 Å². The predicted molar refractivity (Wildman–Crippen MR) is 96.6 cm³/mol. The van der Waals surface area contributed by atoms with E-state index in [1.807, 2.05) is 28.8 Å². The Morgan fingerprint density at radius 3 is 2.58 bits per heavy atom. The number of benzene rings is 2. The van der Waals surface area contributed by atoms with E-state index < -0.39 is 0 Å². The second-order valence-corrected chi connectivity index (χ2v) is 6.44. The Bertz CT molecular complexity index is 846. The summed E-state index contributed by atoms with van der Waals surface area (Å²) in [7, 11) is 0. The molecular weight excluding hydrogens is 345 g/mol. The van der Waals surface area contributed by atoms with Gasteiger partial charge in [0.15, 0.2) is 11.0 Å². The SMILES string of the molecule is C=CCn1c(SCc2ccccc2Cl)nnc1-c1ccc(F)cc1. The number of nitrogens with zero attached hydrogens (tertiary/aromatic N) is 3. The maximum Gasteiger partial charge on any atom is 0.192 e. The summed E-state index contributed by atoms with van der Waals surface area (Å²) in [5, 5.41) is 10.0. The van der Waals surface area contributed by atoms with Crippen LogP contribution in [0.4, 0.5) is 4.39 Å². The van der Waals surface area contributed by atoms with Gasteiger partial charge in [0, 0.05) is 22.9 Å². The summed E-state index contributed by atoms with van der Waals surface area (Å²) in [6.07, 6.45) is 1.79. The molecule has 0 fully saturated rings. The van der Waals surface area contributed by atoms with E-state index in [0.29, 0.717) is 18.1 Å². The topological polar surface area (TPSA) is 30.7 Å². The molecule has 0 aliphatic heterocycles. The number of halogens is 2. The molecule has 0 aliphatic carbocycles. The number of hydrogen-bond donors (Lipinski definition) is 0. The molecule has 0 N–H and O–H groups in total. The van der Waals surface area contributed by atoms with Crippen LogP contribution in [0.2, 0.25) is 5.02 Å². The van der Waals surface area contributed by atoms with Crippen molar-refractivity contribution in [1.29, 1.82) is 0 Å². The molecule has 0 atom stereocenters. The smallest absolute Gasteiger partial charge is 0.192 e. The maximum absolute atomic E-state index is 13.1. The molecule has 0 aliphatic rings. The minimum Gasteiger partial charge on any atom is -0.298 e. The minimum absolute atomic E-state index is 0.276. The molecule has 1 aromatic heterocycles. The largest absolute Gasteiger partial charge is 0.298 e. The fourth-order valence-corrected chi connectivity index (χ4v) is 3.49. The normalized spacial score (nSPS) is 10.8. The molecule has 3 nitrogen and oxygen atoms in total. The summed E-state index contributed by atoms with van der Waals surface area (Å²) in [6.45, 7) is 4.37. The van der Waals surface area contributed by atoms with Crippen LogP contribution in [0.5, 0.6) is 0 Å². The Hall–Kier alpha value is -2.11. The van der Waals surface area contributed by atoms with E-state index in [9.17, 15) is 4.39 Å². The van der Waals surface area contributed by atoms with Crippen molar-refractivity contribution < 1.29 is 4.39 Å². The minimum atomic E-state index is -0.276. The molecule has 0 bridgehead atoms. The van der Waals surface area contributed by atoms with Gasteiger partial charge in [-0.05, 0) is 35.9 Å². The average Bonchev–Trinajstić information content (AvgIpc) is 2.98. The molecule has 3 rings (SSSR count). The first-order valence-electron chi connectivity index (χ1n) is 7.35. The predicted octanol–water partition coefficient (Wildman–Crippen LogP) is 5.22. The van der Waals surface area contributed by atoms with E-state index in [2.05, 4.69) is 16.8 Å². The highest BCUT2D eigenvalue weighted by Gasteiger charge is 2.14. The second-order valence-electron chi connectivity index (χ2n) is 5.09. The van der Waals surface area contributed by atoms with Crippen LogP contribution in [0.1, 0.15) is 5.56 Å². The molecule has 1 heterocycles. The number of aromatic nitrogens is 3. The first-order valence-corrected chi connectivity index (χ1v) is 8.71. The summed E-state index contributed by atoms with van der Waals surface area (Å²) in [5.41, 5.74) is 1.86. The van der Waals surface area contributed by atoms with Gasteiger partial charge in [0.05, 0.1) is 0 Å². The van der Waals surface area contributed by atoms with Crippen molar-refractivity contribution in [2.45, 2.75) is 17.5 Å². The van der Waals surface area contributed by atoms with Gasteiger partial charge in [-0.15, -0.1) is 16.8 Å². The van der Waals surface area contributed by atoms with Gasteiger partial charge in [-0.1, -0.05) is 47.6 Å². The highest BCUT2D eigenvalue weighted by atomic mass is 35.5. The van der Waals surface area contributed by atoms with Gasteiger partial charge in [-0.3, -0.25) is 4.57 Å². The zero-order valence-corrected chi connectivity index (χ0v) is 14.4. The highest BCUT2D eigenvalue weighted by molar-refractivity contribution is 7.98. The van der Waals surface area contributed by atoms with Crippen LogP contribution in [0.3, 0.4) is 0 Å². The van der Waals surface area contributed by atoms with Crippen LogP contribution in [0.15, 0.2) is 66.3 Å². The van der Waals surface area contributed by atoms with Gasteiger partial charge in [0.1, 0.15) is 5.82 Å². The van der Waals surface area contributed by atoms with Crippen molar-refractivity contribution in [3.05, 3.63) is 77.6 Å². The quantitative estimate of drug-likeness (QED) is 0.446. The van der Waals surface area contributed by atoms with E-state index in [4.69, 9.17) is 11.6 Å². The summed E-state index contributed by atoms with van der Waals surface area (Å²) < 4.78 is 15.1. The second kappa shape index (κ2) is 7.64. The molecule has 6 heteroatoms. The van der Waals surface area contributed by atoms with Crippen LogP contribution < -0.4 is 0 Å². The Balaban J connectivity index is 1.87. The van der Waals surface area contributed by atoms with Crippen LogP contribution >= 0.6 is 23.4 Å². The van der Waals surface area contributed by atoms with E-state index in [-0.39, 0.29) is 5.82 Å². The third kappa shape index (κ3) is 3.68. The van der Waals surface area contributed by atoms with Gasteiger partial charge < -0.3 is 0 Å². The Morgan fingerprint density at radius 1 is 1.12 bits per heavy atom. The van der Waals surface area contributed by atoms with Crippen molar-refractivity contribution in [1.82, 2.24) is 14.8 Å². The summed E-state index contributed by atoms with van der Waals surface area (Å²) >= 11 is 7.76. The zero-order valence-electron chi connectivity index (χ0n) is 12.8. The van der Waals surface area contributed by atoms with E-state index in [1.165, 1.54) is 12.1 Å². The van der Waals surface area contributed by atoms with Crippen LogP contribution in [0.25, 0.3) is 11.4 Å². The lowest BCUT2D eigenvalue weighted by molar-refractivity contribution is 0.628. The van der Waals surface area contributed by atoms with Crippen molar-refractivity contribution in [3.8, 4) is 11.4 Å². The Kier molecular flexibility index (Phi) is 5.33. The number of rotatable bonds is 6. The molecule has 2 aromatic carbocycles. The fraction of sp³-hybridized carbons (Fsp3) is 0.111. The lowest BCUT2D eigenvalue weighted by atomic mass is 10.2. The Labute approximate surface area is 149 Å². The van der Waals surface area contributed by atoms with E-state index in [1.54, 1.807) is 30.0 Å². The monoisotopic (exact) mass is 359 g/mol. The third-order valence-electron chi connectivity index (χ3n) is 3.45. The van der Waals surface area contributed by atoms with Gasteiger partial charge in [-0.25, -0.2) is 4.39 Å². The molecular formula is C18H15ClFN3S. The molecule has 0 radical (unpaired) electrons. The van der Waals surface area contributed by atoms with E-state index >= 15 is 0 Å². The summed E-state index contributed by atoms with van der Waals surface area (Å²) in [4.78, 5) is 0. The molecule has 3 aromatic rings. The lowest BCUT2D eigenvalue weighted by Gasteiger charge is -2.08. The average molecular weight is 360 g/mol. The lowest BCUT2D eigenvalue weighted by Crippen LogP contribution is -2.00. The number of allylic oxidation sites excluding steroid dienone is 1. The van der Waals surface area contributed by atoms with Crippen molar-refractivity contribution in [3.63, 3.8) is 0 Å². The van der Waals surface area contributed by atoms with Crippen LogP contribution in [-0.4, -0.2) is 14.8 Å². The number of hydrogen-bond acceptors (Lipinski definition) is 3. The van der Waals surface area contributed by atoms with Crippen molar-refractivity contribution >= 4 is 23.4 Å².